The second-order valence-corrected chi connectivity index (χ2v) is 7.14. The predicted molar refractivity (Wildman–Crippen MR) is 69.4 cm³/mol. The predicted octanol–water partition coefficient (Wildman–Crippen LogP) is -0.0499. The lowest BCUT2D eigenvalue weighted by Crippen LogP contribution is -2.54. The molecule has 0 aliphatic carbocycles. The third-order valence-electron chi connectivity index (χ3n) is 2.99. The van der Waals surface area contributed by atoms with Gasteiger partial charge in [-0.15, -0.1) is 0 Å². The van der Waals surface area contributed by atoms with Crippen LogP contribution in [0.1, 0.15) is 26.7 Å². The Labute approximate surface area is 109 Å². The van der Waals surface area contributed by atoms with Crippen molar-refractivity contribution in [1.29, 1.82) is 0 Å². The molecule has 1 aliphatic rings. The summed E-state index contributed by atoms with van der Waals surface area (Å²) in [6, 6.07) is 0. The molecule has 18 heavy (non-hydrogen) atoms. The highest BCUT2D eigenvalue weighted by Crippen LogP contribution is 2.19. The highest BCUT2D eigenvalue weighted by atomic mass is 32.2. The Morgan fingerprint density at radius 1 is 1.50 bits per heavy atom. The number of rotatable bonds is 6. The molecule has 0 aromatic heterocycles. The molecule has 0 radical (unpaired) electrons. The average Bonchev–Trinajstić information content (AvgIpc) is 2.27. The molecule has 0 amide bonds. The van der Waals surface area contributed by atoms with Gasteiger partial charge in [-0.2, -0.15) is 17.4 Å². The number of nitrogens with one attached hydrogen (secondary N) is 1. The molecule has 0 aromatic carbocycles. The summed E-state index contributed by atoms with van der Waals surface area (Å²) in [7, 11) is -1.97. The molecule has 2 N–H and O–H groups in total. The van der Waals surface area contributed by atoms with Crippen LogP contribution in [0.25, 0.3) is 0 Å². The molecular formula is C11H24N2O4S. The van der Waals surface area contributed by atoms with Gasteiger partial charge in [-0.1, -0.05) is 0 Å². The molecule has 1 heterocycles. The first-order valence-corrected chi connectivity index (χ1v) is 7.63. The van der Waals surface area contributed by atoms with E-state index in [1.807, 2.05) is 0 Å². The summed E-state index contributed by atoms with van der Waals surface area (Å²) in [6.45, 7) is 4.80. The molecular weight excluding hydrogens is 256 g/mol. The lowest BCUT2D eigenvalue weighted by Gasteiger charge is -2.34. The van der Waals surface area contributed by atoms with Crippen molar-refractivity contribution in [2.75, 3.05) is 33.4 Å². The van der Waals surface area contributed by atoms with Crippen molar-refractivity contribution in [3.8, 4) is 0 Å². The van der Waals surface area contributed by atoms with Crippen molar-refractivity contribution in [2.24, 2.45) is 5.92 Å². The Morgan fingerprint density at radius 2 is 2.17 bits per heavy atom. The van der Waals surface area contributed by atoms with E-state index in [-0.39, 0.29) is 12.5 Å². The van der Waals surface area contributed by atoms with E-state index in [9.17, 15) is 8.42 Å². The monoisotopic (exact) mass is 280 g/mol. The minimum absolute atomic E-state index is 0.0352. The zero-order valence-corrected chi connectivity index (χ0v) is 12.2. The SMILES string of the molecule is COCC(C)(C)NS(=O)(=O)N1CCCC(CO)C1. The minimum atomic E-state index is -3.51. The third kappa shape index (κ3) is 4.47. The van der Waals surface area contributed by atoms with Gasteiger partial charge in [0.15, 0.2) is 0 Å². The number of aliphatic hydroxyl groups is 1. The number of piperidine rings is 1. The van der Waals surface area contributed by atoms with Crippen molar-refractivity contribution in [1.82, 2.24) is 9.03 Å². The molecule has 0 saturated carbocycles. The van der Waals surface area contributed by atoms with E-state index < -0.39 is 15.7 Å². The maximum absolute atomic E-state index is 12.2. The fourth-order valence-electron chi connectivity index (χ4n) is 2.20. The summed E-state index contributed by atoms with van der Waals surface area (Å²) in [4.78, 5) is 0. The fourth-order valence-corrected chi connectivity index (χ4v) is 3.86. The summed E-state index contributed by atoms with van der Waals surface area (Å²) < 4.78 is 33.5. The number of aliphatic hydroxyl groups excluding tert-OH is 1. The van der Waals surface area contributed by atoms with Crippen LogP contribution in [0.4, 0.5) is 0 Å². The lowest BCUT2D eigenvalue weighted by molar-refractivity contribution is 0.136. The van der Waals surface area contributed by atoms with E-state index in [0.29, 0.717) is 19.7 Å². The summed E-state index contributed by atoms with van der Waals surface area (Å²) in [5.74, 6) is 0.0425. The highest BCUT2D eigenvalue weighted by molar-refractivity contribution is 7.87. The Balaban J connectivity index is 2.68. The van der Waals surface area contributed by atoms with Crippen molar-refractivity contribution >= 4 is 10.2 Å². The van der Waals surface area contributed by atoms with Crippen molar-refractivity contribution in [2.45, 2.75) is 32.2 Å². The molecule has 0 bridgehead atoms. The molecule has 1 saturated heterocycles. The number of methoxy groups -OCH3 is 1. The van der Waals surface area contributed by atoms with E-state index in [1.165, 1.54) is 4.31 Å². The number of nitrogens with zero attached hydrogens (tertiary/aromatic N) is 1. The van der Waals surface area contributed by atoms with E-state index in [2.05, 4.69) is 4.72 Å². The average molecular weight is 280 g/mol. The van der Waals surface area contributed by atoms with Crippen LogP contribution in [0.3, 0.4) is 0 Å². The number of ether oxygens (including phenoxy) is 1. The standard InChI is InChI=1S/C11H24N2O4S/c1-11(2,9-17-3)12-18(15,16)13-6-4-5-10(7-13)8-14/h10,12,14H,4-9H2,1-3H3. The first-order valence-electron chi connectivity index (χ1n) is 6.19. The van der Waals surface area contributed by atoms with Crippen LogP contribution in [-0.2, 0) is 14.9 Å². The maximum Gasteiger partial charge on any atom is 0.280 e. The van der Waals surface area contributed by atoms with Gasteiger partial charge in [0.2, 0.25) is 0 Å². The van der Waals surface area contributed by atoms with Gasteiger partial charge in [0.05, 0.1) is 12.1 Å². The van der Waals surface area contributed by atoms with Crippen LogP contribution in [0.2, 0.25) is 0 Å². The van der Waals surface area contributed by atoms with Gasteiger partial charge in [-0.3, -0.25) is 0 Å². The molecule has 1 rings (SSSR count). The highest BCUT2D eigenvalue weighted by Gasteiger charge is 2.32. The molecule has 0 aromatic rings. The van der Waals surface area contributed by atoms with Gasteiger partial charge in [-0.25, -0.2) is 0 Å². The smallest absolute Gasteiger partial charge is 0.280 e. The van der Waals surface area contributed by atoms with Gasteiger partial charge >= 0.3 is 0 Å². The Bertz CT molecular complexity index is 356. The molecule has 0 spiro atoms. The van der Waals surface area contributed by atoms with Crippen molar-refractivity contribution in [3.05, 3.63) is 0 Å². The molecule has 6 nitrogen and oxygen atoms in total. The van der Waals surface area contributed by atoms with Crippen molar-refractivity contribution in [3.63, 3.8) is 0 Å². The summed E-state index contributed by atoms with van der Waals surface area (Å²) in [6.07, 6.45) is 1.67. The summed E-state index contributed by atoms with van der Waals surface area (Å²) in [5.41, 5.74) is -0.639. The van der Waals surface area contributed by atoms with Crippen LogP contribution in [0, 0.1) is 5.92 Å². The van der Waals surface area contributed by atoms with Gasteiger partial charge in [0, 0.05) is 26.8 Å². The first kappa shape index (κ1) is 15.8. The molecule has 1 fully saturated rings. The second-order valence-electron chi connectivity index (χ2n) is 5.47. The number of hydrogen-bond acceptors (Lipinski definition) is 4. The van der Waals surface area contributed by atoms with Gasteiger partial charge < -0.3 is 9.84 Å². The normalized spacial score (nSPS) is 23.2. The quantitative estimate of drug-likeness (QED) is 0.715. The Morgan fingerprint density at radius 3 is 2.72 bits per heavy atom. The van der Waals surface area contributed by atoms with Crippen LogP contribution >= 0.6 is 0 Å². The van der Waals surface area contributed by atoms with Crippen molar-refractivity contribution < 1.29 is 18.3 Å². The maximum atomic E-state index is 12.2. The Kier molecular flexibility index (Phi) is 5.54. The number of hydrogen-bond donors (Lipinski definition) is 2. The molecule has 7 heteroatoms. The fraction of sp³-hybridized carbons (Fsp3) is 1.00. The largest absolute Gasteiger partial charge is 0.396 e. The third-order valence-corrected chi connectivity index (χ3v) is 4.81. The molecule has 1 atom stereocenters. The minimum Gasteiger partial charge on any atom is -0.396 e. The van der Waals surface area contributed by atoms with E-state index in [0.717, 1.165) is 12.8 Å². The molecule has 1 aliphatic heterocycles. The first-order chi connectivity index (χ1) is 8.30. The van der Waals surface area contributed by atoms with E-state index in [4.69, 9.17) is 9.84 Å². The van der Waals surface area contributed by atoms with Crippen LogP contribution in [-0.4, -0.2) is 56.8 Å². The van der Waals surface area contributed by atoms with Crippen LogP contribution in [0.5, 0.6) is 0 Å². The summed E-state index contributed by atoms with van der Waals surface area (Å²) in [5, 5.41) is 9.13. The van der Waals surface area contributed by atoms with E-state index in [1.54, 1.807) is 21.0 Å². The molecule has 1 unspecified atom stereocenters. The Hall–Kier alpha value is -0.210. The van der Waals surface area contributed by atoms with Gasteiger partial charge in [0.25, 0.3) is 10.2 Å². The second kappa shape index (κ2) is 6.29. The van der Waals surface area contributed by atoms with Gasteiger partial charge in [-0.05, 0) is 32.6 Å². The zero-order valence-electron chi connectivity index (χ0n) is 11.3. The van der Waals surface area contributed by atoms with Gasteiger partial charge in [0.1, 0.15) is 0 Å². The van der Waals surface area contributed by atoms with Crippen LogP contribution < -0.4 is 4.72 Å². The molecule has 108 valence electrons. The van der Waals surface area contributed by atoms with E-state index >= 15 is 0 Å². The topological polar surface area (TPSA) is 78.9 Å². The van der Waals surface area contributed by atoms with Crippen LogP contribution in [0.15, 0.2) is 0 Å². The summed E-state index contributed by atoms with van der Waals surface area (Å²) >= 11 is 0. The lowest BCUT2D eigenvalue weighted by atomic mass is 10.0. The zero-order chi connectivity index (χ0) is 13.8.